The van der Waals surface area contributed by atoms with Gasteiger partial charge in [0.1, 0.15) is 0 Å². The Labute approximate surface area is 110 Å². The molecule has 0 aliphatic carbocycles. The first kappa shape index (κ1) is 13.8. The molecule has 2 aliphatic rings. The molecule has 18 heavy (non-hydrogen) atoms. The van der Waals surface area contributed by atoms with Crippen molar-refractivity contribution in [2.75, 3.05) is 26.2 Å². The van der Waals surface area contributed by atoms with E-state index in [9.17, 15) is 9.90 Å². The van der Waals surface area contributed by atoms with Gasteiger partial charge in [0.2, 0.25) is 5.91 Å². The molecule has 0 aromatic heterocycles. The minimum absolute atomic E-state index is 0.0223. The number of amides is 1. The van der Waals surface area contributed by atoms with Gasteiger partial charge in [-0.3, -0.25) is 9.69 Å². The summed E-state index contributed by atoms with van der Waals surface area (Å²) in [5.41, 5.74) is 0. The normalized spacial score (nSPS) is 26.3. The molecule has 1 amide bonds. The minimum Gasteiger partial charge on any atom is -0.393 e. The Morgan fingerprint density at radius 2 is 1.67 bits per heavy atom. The molecule has 0 spiro atoms. The highest BCUT2D eigenvalue weighted by atomic mass is 16.3. The van der Waals surface area contributed by atoms with Gasteiger partial charge in [-0.15, -0.1) is 0 Å². The highest BCUT2D eigenvalue weighted by Crippen LogP contribution is 2.19. The van der Waals surface area contributed by atoms with Crippen molar-refractivity contribution in [1.29, 1.82) is 0 Å². The summed E-state index contributed by atoms with van der Waals surface area (Å²) >= 11 is 0. The molecular formula is C14H26N2O2. The molecule has 1 unspecified atom stereocenters. The van der Waals surface area contributed by atoms with E-state index in [-0.39, 0.29) is 18.1 Å². The number of hydrogen-bond acceptors (Lipinski definition) is 3. The van der Waals surface area contributed by atoms with E-state index in [4.69, 9.17) is 0 Å². The molecule has 0 saturated carbocycles. The van der Waals surface area contributed by atoms with Gasteiger partial charge in [0, 0.05) is 26.2 Å². The van der Waals surface area contributed by atoms with Crippen LogP contribution in [0, 0.1) is 5.92 Å². The van der Waals surface area contributed by atoms with Crippen LogP contribution in [0.5, 0.6) is 0 Å². The fourth-order valence-electron chi connectivity index (χ4n) is 2.92. The zero-order valence-electron chi connectivity index (χ0n) is 11.6. The highest BCUT2D eigenvalue weighted by molar-refractivity contribution is 5.81. The molecule has 2 aliphatic heterocycles. The minimum atomic E-state index is -0.167. The van der Waals surface area contributed by atoms with E-state index in [0.29, 0.717) is 0 Å². The first-order chi connectivity index (χ1) is 8.58. The molecule has 4 heteroatoms. The van der Waals surface area contributed by atoms with Crippen LogP contribution in [0.3, 0.4) is 0 Å². The molecule has 4 nitrogen and oxygen atoms in total. The Kier molecular flexibility index (Phi) is 4.62. The van der Waals surface area contributed by atoms with Gasteiger partial charge in [0.15, 0.2) is 0 Å². The Bertz CT molecular complexity index is 280. The summed E-state index contributed by atoms with van der Waals surface area (Å²) in [6.07, 6.45) is 3.71. The SMILES string of the molecule is CC1CCN(C(=O)C(C)N2CCC(O)CC2)CC1. The van der Waals surface area contributed by atoms with Crippen molar-refractivity contribution < 1.29 is 9.90 Å². The lowest BCUT2D eigenvalue weighted by molar-refractivity contribution is -0.138. The van der Waals surface area contributed by atoms with Gasteiger partial charge in [0.05, 0.1) is 12.1 Å². The van der Waals surface area contributed by atoms with E-state index >= 15 is 0 Å². The molecule has 0 radical (unpaired) electrons. The highest BCUT2D eigenvalue weighted by Gasteiger charge is 2.30. The van der Waals surface area contributed by atoms with Gasteiger partial charge in [-0.2, -0.15) is 0 Å². The smallest absolute Gasteiger partial charge is 0.239 e. The number of hydrogen-bond donors (Lipinski definition) is 1. The fraction of sp³-hybridized carbons (Fsp3) is 0.929. The molecule has 0 aromatic rings. The molecule has 1 atom stereocenters. The van der Waals surface area contributed by atoms with E-state index < -0.39 is 0 Å². The number of likely N-dealkylation sites (tertiary alicyclic amines) is 2. The van der Waals surface area contributed by atoms with Crippen molar-refractivity contribution >= 4 is 5.91 Å². The van der Waals surface area contributed by atoms with E-state index in [1.807, 2.05) is 11.8 Å². The molecule has 104 valence electrons. The predicted octanol–water partition coefficient (Wildman–Crippen LogP) is 1.09. The third-order valence-electron chi connectivity index (χ3n) is 4.50. The Hall–Kier alpha value is -0.610. The topological polar surface area (TPSA) is 43.8 Å². The number of rotatable bonds is 2. The first-order valence-corrected chi connectivity index (χ1v) is 7.29. The van der Waals surface area contributed by atoms with Gasteiger partial charge >= 0.3 is 0 Å². The van der Waals surface area contributed by atoms with Crippen molar-refractivity contribution in [3.63, 3.8) is 0 Å². The summed E-state index contributed by atoms with van der Waals surface area (Å²) in [6, 6.07) is -0.0223. The van der Waals surface area contributed by atoms with Crippen molar-refractivity contribution in [2.24, 2.45) is 5.92 Å². The predicted molar refractivity (Wildman–Crippen MR) is 71.3 cm³/mol. The first-order valence-electron chi connectivity index (χ1n) is 7.29. The van der Waals surface area contributed by atoms with Crippen LogP contribution < -0.4 is 0 Å². The van der Waals surface area contributed by atoms with Gasteiger partial charge in [-0.25, -0.2) is 0 Å². The third kappa shape index (κ3) is 3.23. The van der Waals surface area contributed by atoms with Crippen LogP contribution in [0.15, 0.2) is 0 Å². The van der Waals surface area contributed by atoms with Gasteiger partial charge in [0.25, 0.3) is 0 Å². The number of carbonyl (C=O) groups excluding carboxylic acids is 1. The van der Waals surface area contributed by atoms with Crippen LogP contribution in [0.2, 0.25) is 0 Å². The molecule has 0 aromatic carbocycles. The molecule has 2 fully saturated rings. The average molecular weight is 254 g/mol. The maximum Gasteiger partial charge on any atom is 0.239 e. The van der Waals surface area contributed by atoms with Crippen LogP contribution in [-0.4, -0.2) is 59.1 Å². The molecule has 1 N–H and O–H groups in total. The summed E-state index contributed by atoms with van der Waals surface area (Å²) in [5.74, 6) is 1.03. The van der Waals surface area contributed by atoms with Gasteiger partial charge in [-0.05, 0) is 38.5 Å². The average Bonchev–Trinajstić information content (AvgIpc) is 2.39. The second kappa shape index (κ2) is 6.02. The number of aliphatic hydroxyl groups is 1. The third-order valence-corrected chi connectivity index (χ3v) is 4.50. The summed E-state index contributed by atoms with van der Waals surface area (Å²) in [4.78, 5) is 16.6. The molecular weight excluding hydrogens is 228 g/mol. The zero-order valence-corrected chi connectivity index (χ0v) is 11.6. The summed E-state index contributed by atoms with van der Waals surface area (Å²) in [6.45, 7) is 7.80. The quantitative estimate of drug-likeness (QED) is 0.802. The molecule has 2 heterocycles. The second-order valence-corrected chi connectivity index (χ2v) is 5.95. The maximum atomic E-state index is 12.4. The van der Waals surface area contributed by atoms with Crippen LogP contribution in [0.1, 0.15) is 39.5 Å². The van der Waals surface area contributed by atoms with Crippen molar-refractivity contribution in [1.82, 2.24) is 9.80 Å². The fourth-order valence-corrected chi connectivity index (χ4v) is 2.92. The molecule has 2 saturated heterocycles. The maximum absolute atomic E-state index is 12.4. The zero-order chi connectivity index (χ0) is 13.1. The molecule has 0 bridgehead atoms. The van der Waals surface area contributed by atoms with Crippen molar-refractivity contribution in [2.45, 2.75) is 51.7 Å². The Balaban J connectivity index is 1.84. The van der Waals surface area contributed by atoms with E-state index in [2.05, 4.69) is 11.8 Å². The Morgan fingerprint density at radius 3 is 2.22 bits per heavy atom. The van der Waals surface area contributed by atoms with E-state index in [0.717, 1.165) is 57.8 Å². The Morgan fingerprint density at radius 1 is 1.11 bits per heavy atom. The number of aliphatic hydroxyl groups excluding tert-OH is 1. The summed E-state index contributed by atoms with van der Waals surface area (Å²) < 4.78 is 0. The van der Waals surface area contributed by atoms with Gasteiger partial charge < -0.3 is 10.0 Å². The van der Waals surface area contributed by atoms with Crippen LogP contribution in [-0.2, 0) is 4.79 Å². The number of nitrogens with zero attached hydrogens (tertiary/aromatic N) is 2. The second-order valence-electron chi connectivity index (χ2n) is 5.95. The van der Waals surface area contributed by atoms with E-state index in [1.54, 1.807) is 0 Å². The lowest BCUT2D eigenvalue weighted by Gasteiger charge is -2.38. The van der Waals surface area contributed by atoms with Crippen molar-refractivity contribution in [3.05, 3.63) is 0 Å². The van der Waals surface area contributed by atoms with Crippen LogP contribution in [0.4, 0.5) is 0 Å². The molecule has 2 rings (SSSR count). The summed E-state index contributed by atoms with van der Waals surface area (Å²) in [7, 11) is 0. The standard InChI is InChI=1S/C14H26N2O2/c1-11-3-7-16(8-4-11)14(18)12(2)15-9-5-13(17)6-10-15/h11-13,17H,3-10H2,1-2H3. The number of piperidine rings is 2. The number of carbonyl (C=O) groups is 1. The summed E-state index contributed by atoms with van der Waals surface area (Å²) in [5, 5.41) is 9.50. The monoisotopic (exact) mass is 254 g/mol. The van der Waals surface area contributed by atoms with Crippen molar-refractivity contribution in [3.8, 4) is 0 Å². The lowest BCUT2D eigenvalue weighted by atomic mass is 9.98. The lowest BCUT2D eigenvalue weighted by Crippen LogP contribution is -2.51. The largest absolute Gasteiger partial charge is 0.393 e. The van der Waals surface area contributed by atoms with E-state index in [1.165, 1.54) is 0 Å². The van der Waals surface area contributed by atoms with Gasteiger partial charge in [-0.1, -0.05) is 6.92 Å². The van der Waals surface area contributed by atoms with Crippen LogP contribution in [0.25, 0.3) is 0 Å². The van der Waals surface area contributed by atoms with Crippen LogP contribution >= 0.6 is 0 Å².